The number of aldehydes is 1. The van der Waals surface area contributed by atoms with Crippen LogP contribution in [-0.2, 0) is 16.6 Å². The molecule has 2 aromatic rings. The van der Waals surface area contributed by atoms with Gasteiger partial charge in [-0.15, -0.1) is 11.3 Å². The molecule has 3 nitrogen and oxygen atoms in total. The predicted octanol–water partition coefficient (Wildman–Crippen LogP) is 3.46. The molecule has 1 unspecified atom stereocenters. The average Bonchev–Trinajstić information content (AvgIpc) is 2.99. The van der Waals surface area contributed by atoms with Crippen molar-refractivity contribution >= 4 is 17.6 Å². The lowest BCUT2D eigenvalue weighted by atomic mass is 9.80. The highest BCUT2D eigenvalue weighted by Crippen LogP contribution is 2.34. The Kier molecular flexibility index (Phi) is 4.45. The van der Waals surface area contributed by atoms with E-state index in [1.54, 1.807) is 25.6 Å². The SMILES string of the molecule is COc1ccc(C(C)(C=O)Cc2cccs2)cc1OC. The summed E-state index contributed by atoms with van der Waals surface area (Å²) in [5, 5.41) is 2.02. The zero-order chi connectivity index (χ0) is 14.6. The van der Waals surface area contributed by atoms with Gasteiger partial charge in [0, 0.05) is 4.88 Å². The molecular weight excluding hydrogens is 272 g/mol. The summed E-state index contributed by atoms with van der Waals surface area (Å²) in [5.74, 6) is 1.31. The minimum Gasteiger partial charge on any atom is -0.493 e. The van der Waals surface area contributed by atoms with Crippen LogP contribution in [0.2, 0.25) is 0 Å². The normalized spacial score (nSPS) is 13.6. The Morgan fingerprint density at radius 2 is 1.95 bits per heavy atom. The maximum absolute atomic E-state index is 11.6. The van der Waals surface area contributed by atoms with Gasteiger partial charge in [0.05, 0.1) is 19.6 Å². The molecule has 0 fully saturated rings. The van der Waals surface area contributed by atoms with Crippen molar-refractivity contribution in [1.29, 1.82) is 0 Å². The van der Waals surface area contributed by atoms with Gasteiger partial charge >= 0.3 is 0 Å². The minimum absolute atomic E-state index is 0.565. The summed E-state index contributed by atoms with van der Waals surface area (Å²) in [6.45, 7) is 1.95. The van der Waals surface area contributed by atoms with Crippen LogP contribution in [0.1, 0.15) is 17.4 Å². The fraction of sp³-hybridized carbons (Fsp3) is 0.312. The topological polar surface area (TPSA) is 35.5 Å². The van der Waals surface area contributed by atoms with Gasteiger partial charge in [-0.25, -0.2) is 0 Å². The Bertz CT molecular complexity index is 577. The van der Waals surface area contributed by atoms with Gasteiger partial charge in [-0.1, -0.05) is 12.1 Å². The number of rotatable bonds is 6. The van der Waals surface area contributed by atoms with Crippen LogP contribution in [0.25, 0.3) is 0 Å². The fourth-order valence-corrected chi connectivity index (χ4v) is 3.05. The van der Waals surface area contributed by atoms with E-state index in [2.05, 4.69) is 0 Å². The number of carbonyl (C=O) groups excluding carboxylic acids is 1. The highest BCUT2D eigenvalue weighted by atomic mass is 32.1. The van der Waals surface area contributed by atoms with Crippen molar-refractivity contribution in [2.75, 3.05) is 14.2 Å². The third-order valence-corrected chi connectivity index (χ3v) is 4.30. The number of methoxy groups -OCH3 is 2. The molecule has 0 saturated heterocycles. The molecule has 4 heteroatoms. The monoisotopic (exact) mass is 290 g/mol. The van der Waals surface area contributed by atoms with E-state index < -0.39 is 5.41 Å². The van der Waals surface area contributed by atoms with E-state index in [4.69, 9.17) is 9.47 Å². The minimum atomic E-state index is -0.565. The Balaban J connectivity index is 2.37. The van der Waals surface area contributed by atoms with E-state index in [0.29, 0.717) is 17.9 Å². The Morgan fingerprint density at radius 1 is 1.20 bits per heavy atom. The van der Waals surface area contributed by atoms with E-state index in [9.17, 15) is 4.79 Å². The molecule has 106 valence electrons. The van der Waals surface area contributed by atoms with Crippen molar-refractivity contribution < 1.29 is 14.3 Å². The number of thiophene rings is 1. The van der Waals surface area contributed by atoms with Gasteiger partial charge in [0.2, 0.25) is 0 Å². The van der Waals surface area contributed by atoms with Crippen LogP contribution < -0.4 is 9.47 Å². The first-order chi connectivity index (χ1) is 9.62. The number of ether oxygens (including phenoxy) is 2. The smallest absolute Gasteiger partial charge is 0.161 e. The molecule has 0 aliphatic carbocycles. The molecule has 0 aliphatic heterocycles. The number of carbonyl (C=O) groups is 1. The van der Waals surface area contributed by atoms with Crippen molar-refractivity contribution in [1.82, 2.24) is 0 Å². The first-order valence-electron chi connectivity index (χ1n) is 6.34. The molecule has 0 aliphatic rings. The van der Waals surface area contributed by atoms with Gasteiger partial charge in [0.15, 0.2) is 11.5 Å². The van der Waals surface area contributed by atoms with Crippen molar-refractivity contribution in [3.63, 3.8) is 0 Å². The number of hydrogen-bond donors (Lipinski definition) is 0. The van der Waals surface area contributed by atoms with E-state index in [0.717, 1.165) is 11.8 Å². The number of benzene rings is 1. The summed E-state index contributed by atoms with van der Waals surface area (Å²) in [4.78, 5) is 12.8. The highest BCUT2D eigenvalue weighted by molar-refractivity contribution is 7.09. The van der Waals surface area contributed by atoms with Crippen LogP contribution in [0.3, 0.4) is 0 Å². The summed E-state index contributed by atoms with van der Waals surface area (Å²) in [6.07, 6.45) is 1.69. The summed E-state index contributed by atoms with van der Waals surface area (Å²) < 4.78 is 10.5. The van der Waals surface area contributed by atoms with Crippen LogP contribution in [0.15, 0.2) is 35.7 Å². The molecule has 1 atom stereocenters. The van der Waals surface area contributed by atoms with E-state index in [1.165, 1.54) is 4.88 Å². The standard InChI is InChI=1S/C16H18O3S/c1-16(11-17,10-13-5-4-8-20-13)12-6-7-14(18-2)15(9-12)19-3/h4-9,11H,10H2,1-3H3. The molecule has 0 spiro atoms. The summed E-state index contributed by atoms with van der Waals surface area (Å²) in [5.41, 5.74) is 0.364. The molecule has 0 amide bonds. The second kappa shape index (κ2) is 6.09. The lowest BCUT2D eigenvalue weighted by Gasteiger charge is -2.24. The molecule has 0 radical (unpaired) electrons. The Hall–Kier alpha value is -1.81. The molecule has 2 rings (SSSR count). The predicted molar refractivity (Wildman–Crippen MR) is 81.0 cm³/mol. The summed E-state index contributed by atoms with van der Waals surface area (Å²) >= 11 is 1.66. The van der Waals surface area contributed by atoms with Crippen molar-refractivity contribution in [2.45, 2.75) is 18.8 Å². The average molecular weight is 290 g/mol. The third-order valence-electron chi connectivity index (χ3n) is 3.42. The Morgan fingerprint density at radius 3 is 2.50 bits per heavy atom. The largest absolute Gasteiger partial charge is 0.493 e. The quantitative estimate of drug-likeness (QED) is 0.764. The molecule has 20 heavy (non-hydrogen) atoms. The zero-order valence-corrected chi connectivity index (χ0v) is 12.7. The fourth-order valence-electron chi connectivity index (χ4n) is 2.18. The van der Waals surface area contributed by atoms with E-state index >= 15 is 0 Å². The van der Waals surface area contributed by atoms with Gasteiger partial charge in [0.1, 0.15) is 6.29 Å². The maximum Gasteiger partial charge on any atom is 0.161 e. The van der Waals surface area contributed by atoms with Crippen LogP contribution in [0, 0.1) is 0 Å². The summed E-state index contributed by atoms with van der Waals surface area (Å²) in [6, 6.07) is 9.68. The molecule has 1 heterocycles. The van der Waals surface area contributed by atoms with Gasteiger partial charge in [0.25, 0.3) is 0 Å². The second-order valence-corrected chi connectivity index (χ2v) is 5.89. The van der Waals surface area contributed by atoms with Crippen molar-refractivity contribution in [2.24, 2.45) is 0 Å². The van der Waals surface area contributed by atoms with Crippen LogP contribution in [-0.4, -0.2) is 20.5 Å². The zero-order valence-electron chi connectivity index (χ0n) is 11.9. The molecule has 1 aromatic heterocycles. The van der Waals surface area contributed by atoms with Crippen LogP contribution in [0.5, 0.6) is 11.5 Å². The van der Waals surface area contributed by atoms with Crippen molar-refractivity contribution in [3.05, 3.63) is 46.2 Å². The lowest BCUT2D eigenvalue weighted by Crippen LogP contribution is -2.26. The van der Waals surface area contributed by atoms with Gasteiger partial charge < -0.3 is 14.3 Å². The van der Waals surface area contributed by atoms with E-state index in [1.807, 2.05) is 42.6 Å². The van der Waals surface area contributed by atoms with Crippen molar-refractivity contribution in [3.8, 4) is 11.5 Å². The Labute approximate surface area is 123 Å². The second-order valence-electron chi connectivity index (χ2n) is 4.86. The molecule has 0 N–H and O–H groups in total. The first kappa shape index (κ1) is 14.6. The maximum atomic E-state index is 11.6. The number of hydrogen-bond acceptors (Lipinski definition) is 4. The van der Waals surface area contributed by atoms with Gasteiger partial charge in [-0.3, -0.25) is 0 Å². The van der Waals surface area contributed by atoms with Crippen LogP contribution in [0.4, 0.5) is 0 Å². The van der Waals surface area contributed by atoms with Gasteiger partial charge in [-0.2, -0.15) is 0 Å². The molecular formula is C16H18O3S. The third kappa shape index (κ3) is 2.85. The lowest BCUT2D eigenvalue weighted by molar-refractivity contribution is -0.112. The highest BCUT2D eigenvalue weighted by Gasteiger charge is 2.28. The van der Waals surface area contributed by atoms with E-state index in [-0.39, 0.29) is 0 Å². The molecule has 0 saturated carbocycles. The van der Waals surface area contributed by atoms with Crippen LogP contribution >= 0.6 is 11.3 Å². The molecule has 0 bridgehead atoms. The first-order valence-corrected chi connectivity index (χ1v) is 7.22. The summed E-state index contributed by atoms with van der Waals surface area (Å²) in [7, 11) is 3.20. The van der Waals surface area contributed by atoms with Gasteiger partial charge in [-0.05, 0) is 42.5 Å². The molecule has 1 aromatic carbocycles.